The molecular formula is C16H21N3O3. The van der Waals surface area contributed by atoms with Gasteiger partial charge in [-0.05, 0) is 18.6 Å². The van der Waals surface area contributed by atoms with Crippen LogP contribution < -0.4 is 10.1 Å². The van der Waals surface area contributed by atoms with Gasteiger partial charge in [0, 0.05) is 18.8 Å². The quantitative estimate of drug-likeness (QED) is 0.850. The predicted molar refractivity (Wildman–Crippen MR) is 83.8 cm³/mol. The number of carbonyl (C=O) groups excluding carboxylic acids is 1. The molecule has 2 rings (SSSR count). The number of rotatable bonds is 6. The maximum absolute atomic E-state index is 12.5. The number of aliphatic hydroxyl groups is 1. The third kappa shape index (κ3) is 3.28. The zero-order valence-corrected chi connectivity index (χ0v) is 13.0. The number of nitrogens with one attached hydrogen (secondary N) is 1. The van der Waals surface area contributed by atoms with E-state index in [1.54, 1.807) is 25.0 Å². The lowest BCUT2D eigenvalue weighted by Crippen LogP contribution is -2.37. The molecule has 1 aromatic carbocycles. The van der Waals surface area contributed by atoms with Crippen molar-refractivity contribution >= 4 is 5.91 Å². The molecule has 0 aliphatic heterocycles. The van der Waals surface area contributed by atoms with Crippen LogP contribution in [0.2, 0.25) is 0 Å². The molecule has 0 bridgehead atoms. The Morgan fingerprint density at radius 2 is 2.18 bits per heavy atom. The lowest BCUT2D eigenvalue weighted by Gasteiger charge is -2.14. The highest BCUT2D eigenvalue weighted by Crippen LogP contribution is 2.30. The molecule has 0 saturated carbocycles. The fraction of sp³-hybridized carbons (Fsp3) is 0.375. The van der Waals surface area contributed by atoms with Crippen LogP contribution in [-0.2, 0) is 7.05 Å². The summed E-state index contributed by atoms with van der Waals surface area (Å²) in [7, 11) is 3.35. The molecule has 6 heteroatoms. The zero-order valence-electron chi connectivity index (χ0n) is 13.0. The molecule has 0 spiro atoms. The molecule has 2 N–H and O–H groups in total. The molecule has 1 aromatic heterocycles. The Morgan fingerprint density at radius 3 is 2.82 bits per heavy atom. The number of nitrogens with zero attached hydrogens (tertiary/aromatic N) is 2. The van der Waals surface area contributed by atoms with Gasteiger partial charge in [-0.1, -0.05) is 19.1 Å². The molecule has 1 heterocycles. The number of aliphatic hydroxyl groups excluding tert-OH is 1. The van der Waals surface area contributed by atoms with Gasteiger partial charge in [-0.25, -0.2) is 0 Å². The highest BCUT2D eigenvalue weighted by atomic mass is 16.5. The monoisotopic (exact) mass is 303 g/mol. The molecule has 1 amide bonds. The molecule has 1 unspecified atom stereocenters. The summed E-state index contributed by atoms with van der Waals surface area (Å²) in [5, 5.41) is 16.4. The van der Waals surface area contributed by atoms with Crippen LogP contribution in [0, 0.1) is 0 Å². The maximum Gasteiger partial charge on any atom is 0.255 e. The van der Waals surface area contributed by atoms with Gasteiger partial charge in [-0.2, -0.15) is 5.10 Å². The van der Waals surface area contributed by atoms with E-state index in [1.807, 2.05) is 31.2 Å². The van der Waals surface area contributed by atoms with E-state index < -0.39 is 0 Å². The first-order valence-electron chi connectivity index (χ1n) is 7.19. The predicted octanol–water partition coefficient (Wildman–Crippen LogP) is 1.60. The fourth-order valence-corrected chi connectivity index (χ4v) is 2.23. The Labute approximate surface area is 129 Å². The highest BCUT2D eigenvalue weighted by molar-refractivity contribution is 6.00. The van der Waals surface area contributed by atoms with E-state index in [0.717, 1.165) is 5.56 Å². The van der Waals surface area contributed by atoms with Gasteiger partial charge in [0.05, 0.1) is 25.3 Å². The summed E-state index contributed by atoms with van der Waals surface area (Å²) in [6.07, 6.45) is 2.33. The number of ether oxygens (including phenoxy) is 1. The number of benzene rings is 1. The molecule has 118 valence electrons. The number of amides is 1. The molecule has 0 fully saturated rings. The van der Waals surface area contributed by atoms with Crippen LogP contribution in [-0.4, -0.2) is 40.6 Å². The summed E-state index contributed by atoms with van der Waals surface area (Å²) < 4.78 is 6.94. The first-order valence-corrected chi connectivity index (χ1v) is 7.19. The van der Waals surface area contributed by atoms with Crippen molar-refractivity contribution in [1.29, 1.82) is 0 Å². The molecule has 6 nitrogen and oxygen atoms in total. The van der Waals surface area contributed by atoms with Crippen LogP contribution in [0.3, 0.4) is 0 Å². The summed E-state index contributed by atoms with van der Waals surface area (Å²) in [4.78, 5) is 12.5. The van der Waals surface area contributed by atoms with Crippen LogP contribution in [0.1, 0.15) is 23.7 Å². The van der Waals surface area contributed by atoms with Crippen LogP contribution in [0.4, 0.5) is 0 Å². The molecule has 0 saturated heterocycles. The van der Waals surface area contributed by atoms with Crippen molar-refractivity contribution in [2.45, 2.75) is 19.4 Å². The number of para-hydroxylation sites is 1. The largest absolute Gasteiger partial charge is 0.496 e. The van der Waals surface area contributed by atoms with Gasteiger partial charge < -0.3 is 15.2 Å². The summed E-state index contributed by atoms with van der Waals surface area (Å²) in [6.45, 7) is 1.82. The van der Waals surface area contributed by atoms with Gasteiger partial charge in [0.25, 0.3) is 5.91 Å². The Balaban J connectivity index is 2.40. The fourth-order valence-electron chi connectivity index (χ4n) is 2.23. The number of methoxy groups -OCH3 is 1. The van der Waals surface area contributed by atoms with E-state index >= 15 is 0 Å². The lowest BCUT2D eigenvalue weighted by molar-refractivity contribution is 0.0915. The van der Waals surface area contributed by atoms with Gasteiger partial charge >= 0.3 is 0 Å². The molecule has 22 heavy (non-hydrogen) atoms. The van der Waals surface area contributed by atoms with E-state index in [-0.39, 0.29) is 18.6 Å². The van der Waals surface area contributed by atoms with E-state index in [4.69, 9.17) is 4.74 Å². The van der Waals surface area contributed by atoms with Crippen molar-refractivity contribution in [3.63, 3.8) is 0 Å². The topological polar surface area (TPSA) is 76.4 Å². The van der Waals surface area contributed by atoms with Gasteiger partial charge in [-0.3, -0.25) is 9.48 Å². The Kier molecular flexibility index (Phi) is 5.16. The lowest BCUT2D eigenvalue weighted by atomic mass is 10.1. The maximum atomic E-state index is 12.5. The van der Waals surface area contributed by atoms with Crippen molar-refractivity contribution < 1.29 is 14.6 Å². The number of hydrogen-bond donors (Lipinski definition) is 2. The second-order valence-electron chi connectivity index (χ2n) is 5.03. The Bertz CT molecular complexity index is 648. The van der Waals surface area contributed by atoms with Gasteiger partial charge in [0.2, 0.25) is 0 Å². The SMILES string of the molecule is CCC(CO)NC(=O)c1cn(C)nc1-c1ccccc1OC. The van der Waals surface area contributed by atoms with Crippen molar-refractivity contribution in [3.8, 4) is 17.0 Å². The Hall–Kier alpha value is -2.34. The first kappa shape index (κ1) is 16.0. The molecule has 0 radical (unpaired) electrons. The van der Waals surface area contributed by atoms with E-state index in [2.05, 4.69) is 10.4 Å². The summed E-state index contributed by atoms with van der Waals surface area (Å²) in [6, 6.07) is 7.16. The molecule has 0 aliphatic rings. The first-order chi connectivity index (χ1) is 10.6. The second-order valence-corrected chi connectivity index (χ2v) is 5.03. The van der Waals surface area contributed by atoms with E-state index in [0.29, 0.717) is 23.4 Å². The highest BCUT2D eigenvalue weighted by Gasteiger charge is 2.21. The van der Waals surface area contributed by atoms with Crippen LogP contribution in [0.5, 0.6) is 5.75 Å². The van der Waals surface area contributed by atoms with Crippen molar-refractivity contribution in [2.24, 2.45) is 7.05 Å². The Morgan fingerprint density at radius 1 is 1.45 bits per heavy atom. The van der Waals surface area contributed by atoms with Crippen molar-refractivity contribution in [1.82, 2.24) is 15.1 Å². The normalized spacial score (nSPS) is 12.0. The minimum atomic E-state index is -0.266. The van der Waals surface area contributed by atoms with E-state index in [9.17, 15) is 9.90 Å². The van der Waals surface area contributed by atoms with Crippen molar-refractivity contribution in [2.75, 3.05) is 13.7 Å². The van der Waals surface area contributed by atoms with Crippen LogP contribution in [0.15, 0.2) is 30.5 Å². The average Bonchev–Trinajstić information content (AvgIpc) is 2.94. The minimum Gasteiger partial charge on any atom is -0.496 e. The molecule has 1 atom stereocenters. The number of aromatic nitrogens is 2. The molecule has 0 aliphatic carbocycles. The third-order valence-corrected chi connectivity index (χ3v) is 3.48. The smallest absolute Gasteiger partial charge is 0.255 e. The van der Waals surface area contributed by atoms with Gasteiger partial charge in [-0.15, -0.1) is 0 Å². The number of hydrogen-bond acceptors (Lipinski definition) is 4. The minimum absolute atomic E-state index is 0.0908. The molecule has 2 aromatic rings. The van der Waals surface area contributed by atoms with Crippen molar-refractivity contribution in [3.05, 3.63) is 36.0 Å². The zero-order chi connectivity index (χ0) is 16.1. The van der Waals surface area contributed by atoms with Gasteiger partial charge in [0.1, 0.15) is 11.4 Å². The summed E-state index contributed by atoms with van der Waals surface area (Å²) in [5.74, 6) is 0.402. The molecular weight excluding hydrogens is 282 g/mol. The second kappa shape index (κ2) is 7.09. The third-order valence-electron chi connectivity index (χ3n) is 3.48. The summed E-state index contributed by atoms with van der Waals surface area (Å²) in [5.41, 5.74) is 1.77. The van der Waals surface area contributed by atoms with E-state index in [1.165, 1.54) is 0 Å². The standard InChI is InChI=1S/C16H21N3O3/c1-4-11(10-20)17-16(21)13-9-19(2)18-15(13)12-7-5-6-8-14(12)22-3/h5-9,11,20H,4,10H2,1-3H3,(H,17,21). The van der Waals surface area contributed by atoms with Crippen LogP contribution in [0.25, 0.3) is 11.3 Å². The summed E-state index contributed by atoms with van der Waals surface area (Å²) >= 11 is 0. The average molecular weight is 303 g/mol. The van der Waals surface area contributed by atoms with Gasteiger partial charge in [0.15, 0.2) is 0 Å². The van der Waals surface area contributed by atoms with Crippen LogP contribution >= 0.6 is 0 Å². The number of aryl methyl sites for hydroxylation is 1. The number of carbonyl (C=O) groups is 1.